The molecule has 0 N–H and O–H groups in total. The Bertz CT molecular complexity index is 465. The molecule has 1 aliphatic carbocycles. The number of benzene rings is 1. The van der Waals surface area contributed by atoms with Gasteiger partial charge in [0.25, 0.3) is 0 Å². The Morgan fingerprint density at radius 2 is 2.00 bits per heavy atom. The predicted octanol–water partition coefficient (Wildman–Crippen LogP) is 2.58. The number of carbonyl (C=O) groups is 1. The summed E-state index contributed by atoms with van der Waals surface area (Å²) >= 11 is 0. The highest BCUT2D eigenvalue weighted by Gasteiger charge is 2.32. The number of Topliss-reactive ketones (excluding diaryl/α,β-unsaturated/α-hetero) is 1. The van der Waals surface area contributed by atoms with Crippen LogP contribution in [0.25, 0.3) is 0 Å². The number of nitriles is 1. The third kappa shape index (κ3) is 1.57. The molecule has 0 saturated heterocycles. The van der Waals surface area contributed by atoms with Gasteiger partial charge in [-0.05, 0) is 12.5 Å². The Hall–Kier alpha value is -1.88. The van der Waals surface area contributed by atoms with Gasteiger partial charge in [0.2, 0.25) is 0 Å². The Morgan fingerprint density at radius 3 is 2.60 bits per heavy atom. The number of nitrogens with zero attached hydrogens (tertiary/aromatic N) is 1. The van der Waals surface area contributed by atoms with E-state index < -0.39 is 0 Å². The zero-order valence-corrected chi connectivity index (χ0v) is 8.53. The lowest BCUT2D eigenvalue weighted by molar-refractivity contribution is -0.118. The zero-order chi connectivity index (χ0) is 10.8. The van der Waals surface area contributed by atoms with Gasteiger partial charge in [0, 0.05) is 12.0 Å². The molecule has 0 radical (unpaired) electrons. The van der Waals surface area contributed by atoms with Crippen LogP contribution >= 0.6 is 0 Å². The molecule has 1 atom stereocenters. The summed E-state index contributed by atoms with van der Waals surface area (Å²) in [4.78, 5) is 11.8. The lowest BCUT2D eigenvalue weighted by Crippen LogP contribution is -2.07. The van der Waals surface area contributed by atoms with E-state index in [0.29, 0.717) is 12.0 Å². The van der Waals surface area contributed by atoms with Gasteiger partial charge in [-0.3, -0.25) is 4.79 Å². The van der Waals surface area contributed by atoms with Crippen LogP contribution in [-0.4, -0.2) is 5.78 Å². The van der Waals surface area contributed by atoms with Crippen LogP contribution in [0.2, 0.25) is 0 Å². The molecule has 0 fully saturated rings. The number of hydrogen-bond acceptors (Lipinski definition) is 2. The second kappa shape index (κ2) is 3.70. The summed E-state index contributed by atoms with van der Waals surface area (Å²) in [6, 6.07) is 11.7. The molecule has 1 aromatic rings. The molecule has 0 bridgehead atoms. The Morgan fingerprint density at radius 1 is 1.33 bits per heavy atom. The summed E-state index contributed by atoms with van der Waals surface area (Å²) < 4.78 is 0. The normalized spacial score (nSPS) is 20.5. The topological polar surface area (TPSA) is 40.9 Å². The first-order valence-corrected chi connectivity index (χ1v) is 4.91. The van der Waals surface area contributed by atoms with Crippen molar-refractivity contribution in [3.63, 3.8) is 0 Å². The SMILES string of the molecule is CC1=C(C#N)C(c2ccccc2)C(=O)C1. The Labute approximate surface area is 88.8 Å². The van der Waals surface area contributed by atoms with E-state index in [2.05, 4.69) is 6.07 Å². The molecular weight excluding hydrogens is 186 g/mol. The molecule has 2 nitrogen and oxygen atoms in total. The van der Waals surface area contributed by atoms with Crippen molar-refractivity contribution >= 4 is 5.78 Å². The number of allylic oxidation sites excluding steroid dienone is 2. The van der Waals surface area contributed by atoms with Gasteiger partial charge in [-0.15, -0.1) is 0 Å². The van der Waals surface area contributed by atoms with E-state index in [1.54, 1.807) is 0 Å². The molecular formula is C13H11NO. The van der Waals surface area contributed by atoms with E-state index in [1.807, 2.05) is 37.3 Å². The summed E-state index contributed by atoms with van der Waals surface area (Å²) in [5.41, 5.74) is 2.47. The molecule has 0 saturated carbocycles. The average Bonchev–Trinajstić information content (AvgIpc) is 2.54. The molecule has 74 valence electrons. The van der Waals surface area contributed by atoms with E-state index >= 15 is 0 Å². The van der Waals surface area contributed by atoms with Gasteiger partial charge in [0.1, 0.15) is 5.78 Å². The van der Waals surface area contributed by atoms with E-state index in [4.69, 9.17) is 5.26 Å². The number of rotatable bonds is 1. The maximum atomic E-state index is 11.8. The van der Waals surface area contributed by atoms with Crippen LogP contribution < -0.4 is 0 Å². The van der Waals surface area contributed by atoms with Crippen LogP contribution in [0.5, 0.6) is 0 Å². The minimum absolute atomic E-state index is 0.134. The van der Waals surface area contributed by atoms with Crippen molar-refractivity contribution in [2.24, 2.45) is 0 Å². The quantitative estimate of drug-likeness (QED) is 0.694. The van der Waals surface area contributed by atoms with Crippen molar-refractivity contribution in [2.45, 2.75) is 19.3 Å². The fourth-order valence-electron chi connectivity index (χ4n) is 2.02. The smallest absolute Gasteiger partial charge is 0.149 e. The maximum Gasteiger partial charge on any atom is 0.149 e. The third-order valence-corrected chi connectivity index (χ3v) is 2.76. The van der Waals surface area contributed by atoms with Gasteiger partial charge < -0.3 is 0 Å². The second-order valence-electron chi connectivity index (χ2n) is 3.79. The molecule has 0 heterocycles. The number of hydrogen-bond donors (Lipinski definition) is 0. The summed E-state index contributed by atoms with van der Waals surface area (Å²) in [7, 11) is 0. The number of ketones is 1. The van der Waals surface area contributed by atoms with Crippen molar-refractivity contribution < 1.29 is 4.79 Å². The van der Waals surface area contributed by atoms with Crippen molar-refractivity contribution in [2.75, 3.05) is 0 Å². The van der Waals surface area contributed by atoms with E-state index in [-0.39, 0.29) is 11.7 Å². The lowest BCUT2D eigenvalue weighted by atomic mass is 9.92. The van der Waals surface area contributed by atoms with Gasteiger partial charge in [0.05, 0.1) is 12.0 Å². The van der Waals surface area contributed by atoms with Crippen LogP contribution in [0.1, 0.15) is 24.8 Å². The summed E-state index contributed by atoms with van der Waals surface area (Å²) in [6.07, 6.45) is 0.419. The standard InChI is InChI=1S/C13H11NO/c1-9-7-12(15)13(11(9)8-14)10-5-3-2-4-6-10/h2-6,13H,7H2,1H3. The van der Waals surface area contributed by atoms with Crippen LogP contribution in [0, 0.1) is 11.3 Å². The highest BCUT2D eigenvalue weighted by atomic mass is 16.1. The van der Waals surface area contributed by atoms with E-state index in [0.717, 1.165) is 11.1 Å². The molecule has 15 heavy (non-hydrogen) atoms. The van der Waals surface area contributed by atoms with Crippen molar-refractivity contribution in [1.82, 2.24) is 0 Å². The van der Waals surface area contributed by atoms with Crippen LogP contribution in [0.3, 0.4) is 0 Å². The predicted molar refractivity (Wildman–Crippen MR) is 57.1 cm³/mol. The van der Waals surface area contributed by atoms with E-state index in [9.17, 15) is 4.79 Å². The first-order valence-electron chi connectivity index (χ1n) is 4.91. The molecule has 1 aromatic carbocycles. The van der Waals surface area contributed by atoms with Gasteiger partial charge in [-0.2, -0.15) is 5.26 Å². The number of carbonyl (C=O) groups excluding carboxylic acids is 1. The summed E-state index contributed by atoms with van der Waals surface area (Å²) in [5, 5.41) is 9.03. The Balaban J connectivity index is 2.47. The van der Waals surface area contributed by atoms with Crippen LogP contribution in [-0.2, 0) is 4.79 Å². The molecule has 2 rings (SSSR count). The minimum Gasteiger partial charge on any atom is -0.298 e. The van der Waals surface area contributed by atoms with Gasteiger partial charge in [0.15, 0.2) is 0 Å². The highest BCUT2D eigenvalue weighted by molar-refractivity contribution is 5.95. The minimum atomic E-state index is -0.323. The Kier molecular flexibility index (Phi) is 2.39. The van der Waals surface area contributed by atoms with Gasteiger partial charge in [-0.25, -0.2) is 0 Å². The molecule has 0 aliphatic heterocycles. The fourth-order valence-corrected chi connectivity index (χ4v) is 2.02. The van der Waals surface area contributed by atoms with Gasteiger partial charge in [-0.1, -0.05) is 35.9 Å². The maximum absolute atomic E-state index is 11.8. The molecule has 1 aliphatic rings. The van der Waals surface area contributed by atoms with Crippen molar-refractivity contribution in [3.05, 3.63) is 47.0 Å². The molecule has 2 heteroatoms. The monoisotopic (exact) mass is 197 g/mol. The largest absolute Gasteiger partial charge is 0.298 e. The molecule has 0 spiro atoms. The van der Waals surface area contributed by atoms with Gasteiger partial charge >= 0.3 is 0 Å². The van der Waals surface area contributed by atoms with E-state index in [1.165, 1.54) is 0 Å². The van der Waals surface area contributed by atoms with Crippen LogP contribution in [0.4, 0.5) is 0 Å². The lowest BCUT2D eigenvalue weighted by Gasteiger charge is -2.08. The highest BCUT2D eigenvalue weighted by Crippen LogP contribution is 2.35. The average molecular weight is 197 g/mol. The van der Waals surface area contributed by atoms with Crippen LogP contribution in [0.15, 0.2) is 41.5 Å². The third-order valence-electron chi connectivity index (χ3n) is 2.76. The van der Waals surface area contributed by atoms with Crippen molar-refractivity contribution in [3.8, 4) is 6.07 Å². The zero-order valence-electron chi connectivity index (χ0n) is 8.53. The first-order chi connectivity index (χ1) is 7.24. The summed E-state index contributed by atoms with van der Waals surface area (Å²) in [6.45, 7) is 1.86. The fraction of sp³-hybridized carbons (Fsp3) is 0.231. The van der Waals surface area contributed by atoms with Crippen molar-refractivity contribution in [1.29, 1.82) is 5.26 Å². The molecule has 1 unspecified atom stereocenters. The molecule has 0 aromatic heterocycles. The first kappa shape index (κ1) is 9.67. The second-order valence-corrected chi connectivity index (χ2v) is 3.79. The summed E-state index contributed by atoms with van der Waals surface area (Å²) in [5.74, 6) is -0.188. The molecule has 0 amide bonds.